The standard InChI is InChI=1S/C24H36N2O2/c1-2-3-4-5-9-16-22(27)26-18-17-19-12-10-11-15-21(19)23(26)24(28)25-20-13-7-6-8-14-20/h10-12,15,20,23H,2-9,13-14,16-18H2,1H3,(H,25,28). The molecule has 1 aliphatic carbocycles. The molecule has 1 N–H and O–H groups in total. The first-order chi connectivity index (χ1) is 13.7. The second-order valence-electron chi connectivity index (χ2n) is 8.45. The highest BCUT2D eigenvalue weighted by Crippen LogP contribution is 2.31. The minimum absolute atomic E-state index is 0.0124. The molecule has 1 unspecified atom stereocenters. The van der Waals surface area contributed by atoms with Crippen molar-refractivity contribution < 1.29 is 9.59 Å². The summed E-state index contributed by atoms with van der Waals surface area (Å²) in [6.07, 6.45) is 12.8. The van der Waals surface area contributed by atoms with E-state index in [2.05, 4.69) is 18.3 Å². The number of nitrogens with one attached hydrogen (secondary N) is 1. The molecule has 1 aromatic carbocycles. The molecular weight excluding hydrogens is 348 g/mol. The minimum atomic E-state index is -0.463. The van der Waals surface area contributed by atoms with Gasteiger partial charge in [-0.25, -0.2) is 0 Å². The topological polar surface area (TPSA) is 49.4 Å². The molecule has 1 atom stereocenters. The molecule has 0 saturated heterocycles. The third-order valence-electron chi connectivity index (χ3n) is 6.30. The Labute approximate surface area is 170 Å². The van der Waals surface area contributed by atoms with Gasteiger partial charge < -0.3 is 10.2 Å². The van der Waals surface area contributed by atoms with Crippen molar-refractivity contribution >= 4 is 11.8 Å². The van der Waals surface area contributed by atoms with E-state index in [1.807, 2.05) is 23.1 Å². The summed E-state index contributed by atoms with van der Waals surface area (Å²) in [7, 11) is 0. The smallest absolute Gasteiger partial charge is 0.247 e. The van der Waals surface area contributed by atoms with Gasteiger partial charge in [0.25, 0.3) is 0 Å². The monoisotopic (exact) mass is 384 g/mol. The number of rotatable bonds is 8. The molecule has 2 amide bonds. The van der Waals surface area contributed by atoms with Crippen molar-refractivity contribution in [3.05, 3.63) is 35.4 Å². The van der Waals surface area contributed by atoms with Crippen molar-refractivity contribution in [2.75, 3.05) is 6.54 Å². The van der Waals surface area contributed by atoms with E-state index in [-0.39, 0.29) is 17.9 Å². The molecular formula is C24H36N2O2. The number of carbonyl (C=O) groups is 2. The summed E-state index contributed by atoms with van der Waals surface area (Å²) < 4.78 is 0. The number of hydrogen-bond acceptors (Lipinski definition) is 2. The zero-order valence-corrected chi connectivity index (χ0v) is 17.4. The highest BCUT2D eigenvalue weighted by Gasteiger charge is 2.36. The molecule has 0 bridgehead atoms. The molecule has 0 radical (unpaired) electrons. The van der Waals surface area contributed by atoms with Crippen molar-refractivity contribution in [2.45, 2.75) is 96.1 Å². The molecule has 0 spiro atoms. The van der Waals surface area contributed by atoms with Gasteiger partial charge in [0, 0.05) is 19.0 Å². The molecule has 1 heterocycles. The summed E-state index contributed by atoms with van der Waals surface area (Å²) in [5.74, 6) is 0.146. The first kappa shape index (κ1) is 20.9. The molecule has 2 aliphatic rings. The van der Waals surface area contributed by atoms with Crippen LogP contribution in [0.4, 0.5) is 0 Å². The first-order valence-electron chi connectivity index (χ1n) is 11.4. The van der Waals surface area contributed by atoms with Crippen LogP contribution in [0.25, 0.3) is 0 Å². The van der Waals surface area contributed by atoms with Gasteiger partial charge in [0.05, 0.1) is 0 Å². The lowest BCUT2D eigenvalue weighted by Crippen LogP contribution is -2.49. The fourth-order valence-corrected chi connectivity index (χ4v) is 4.67. The van der Waals surface area contributed by atoms with E-state index in [0.29, 0.717) is 13.0 Å². The Morgan fingerprint density at radius 1 is 1.04 bits per heavy atom. The lowest BCUT2D eigenvalue weighted by molar-refractivity contribution is -0.142. The van der Waals surface area contributed by atoms with Crippen LogP contribution >= 0.6 is 0 Å². The van der Waals surface area contributed by atoms with Crippen molar-refractivity contribution in [2.24, 2.45) is 0 Å². The summed E-state index contributed by atoms with van der Waals surface area (Å²) in [5.41, 5.74) is 2.22. The lowest BCUT2D eigenvalue weighted by Gasteiger charge is -2.37. The Balaban J connectivity index is 1.69. The van der Waals surface area contributed by atoms with Gasteiger partial charge in [-0.1, -0.05) is 76.1 Å². The van der Waals surface area contributed by atoms with Crippen LogP contribution in [0.2, 0.25) is 0 Å². The second-order valence-corrected chi connectivity index (χ2v) is 8.45. The molecule has 4 nitrogen and oxygen atoms in total. The molecule has 1 aliphatic heterocycles. The molecule has 0 aromatic heterocycles. The summed E-state index contributed by atoms with van der Waals surface area (Å²) in [5, 5.41) is 3.27. The van der Waals surface area contributed by atoms with E-state index >= 15 is 0 Å². The van der Waals surface area contributed by atoms with Gasteiger partial charge in [0.2, 0.25) is 11.8 Å². The maximum atomic E-state index is 13.3. The van der Waals surface area contributed by atoms with Gasteiger partial charge in [0.15, 0.2) is 0 Å². The Morgan fingerprint density at radius 2 is 1.79 bits per heavy atom. The number of amides is 2. The molecule has 28 heavy (non-hydrogen) atoms. The van der Waals surface area contributed by atoms with Gasteiger partial charge in [-0.05, 0) is 36.8 Å². The number of unbranched alkanes of at least 4 members (excludes halogenated alkanes) is 4. The third kappa shape index (κ3) is 5.36. The maximum absolute atomic E-state index is 13.3. The fraction of sp³-hybridized carbons (Fsp3) is 0.667. The van der Waals surface area contributed by atoms with Crippen molar-refractivity contribution in [3.63, 3.8) is 0 Å². The Bertz CT molecular complexity index is 652. The van der Waals surface area contributed by atoms with Crippen LogP contribution in [-0.2, 0) is 16.0 Å². The van der Waals surface area contributed by atoms with Crippen molar-refractivity contribution in [1.29, 1.82) is 0 Å². The lowest BCUT2D eigenvalue weighted by atomic mass is 9.90. The quantitative estimate of drug-likeness (QED) is 0.647. The van der Waals surface area contributed by atoms with E-state index in [9.17, 15) is 9.59 Å². The maximum Gasteiger partial charge on any atom is 0.247 e. The van der Waals surface area contributed by atoms with Gasteiger partial charge >= 0.3 is 0 Å². The molecule has 3 rings (SSSR count). The number of carbonyl (C=O) groups excluding carboxylic acids is 2. The zero-order chi connectivity index (χ0) is 19.8. The summed E-state index contributed by atoms with van der Waals surface area (Å²) >= 11 is 0. The number of benzene rings is 1. The molecule has 1 fully saturated rings. The SMILES string of the molecule is CCCCCCCC(=O)N1CCc2ccccc2C1C(=O)NC1CCCCC1. The van der Waals surface area contributed by atoms with Crippen LogP contribution in [0, 0.1) is 0 Å². The van der Waals surface area contributed by atoms with E-state index in [1.54, 1.807) is 0 Å². The summed E-state index contributed by atoms with van der Waals surface area (Å²) in [4.78, 5) is 28.1. The van der Waals surface area contributed by atoms with Crippen LogP contribution in [0.1, 0.15) is 94.7 Å². The Kier molecular flexibility index (Phi) is 7.93. The molecule has 4 heteroatoms. The zero-order valence-electron chi connectivity index (χ0n) is 17.4. The summed E-state index contributed by atoms with van der Waals surface area (Å²) in [6.45, 7) is 2.85. The van der Waals surface area contributed by atoms with Gasteiger partial charge in [0.1, 0.15) is 6.04 Å². The largest absolute Gasteiger partial charge is 0.351 e. The Hall–Kier alpha value is -1.84. The van der Waals surface area contributed by atoms with Gasteiger partial charge in [-0.2, -0.15) is 0 Å². The van der Waals surface area contributed by atoms with Crippen LogP contribution < -0.4 is 5.32 Å². The number of nitrogens with zero attached hydrogens (tertiary/aromatic N) is 1. The number of hydrogen-bond donors (Lipinski definition) is 1. The average molecular weight is 385 g/mol. The van der Waals surface area contributed by atoms with E-state index < -0.39 is 6.04 Å². The van der Waals surface area contributed by atoms with E-state index in [0.717, 1.165) is 37.7 Å². The van der Waals surface area contributed by atoms with Crippen molar-refractivity contribution in [1.82, 2.24) is 10.2 Å². The minimum Gasteiger partial charge on any atom is -0.351 e. The van der Waals surface area contributed by atoms with Crippen molar-refractivity contribution in [3.8, 4) is 0 Å². The second kappa shape index (κ2) is 10.6. The van der Waals surface area contributed by atoms with E-state index in [1.165, 1.54) is 44.1 Å². The highest BCUT2D eigenvalue weighted by molar-refractivity contribution is 5.89. The van der Waals surface area contributed by atoms with Crippen LogP contribution in [-0.4, -0.2) is 29.3 Å². The summed E-state index contributed by atoms with van der Waals surface area (Å²) in [6, 6.07) is 7.94. The van der Waals surface area contributed by atoms with Crippen LogP contribution in [0.15, 0.2) is 24.3 Å². The predicted octanol–water partition coefficient (Wildman–Crippen LogP) is 4.92. The van der Waals surface area contributed by atoms with Gasteiger partial charge in [-0.3, -0.25) is 9.59 Å². The third-order valence-corrected chi connectivity index (χ3v) is 6.30. The predicted molar refractivity (Wildman–Crippen MR) is 113 cm³/mol. The average Bonchev–Trinajstić information content (AvgIpc) is 2.73. The highest BCUT2D eigenvalue weighted by atomic mass is 16.2. The fourth-order valence-electron chi connectivity index (χ4n) is 4.67. The molecule has 154 valence electrons. The normalized spacial score (nSPS) is 19.9. The van der Waals surface area contributed by atoms with Crippen LogP contribution in [0.5, 0.6) is 0 Å². The van der Waals surface area contributed by atoms with Gasteiger partial charge in [-0.15, -0.1) is 0 Å². The molecule has 1 saturated carbocycles. The Morgan fingerprint density at radius 3 is 2.57 bits per heavy atom. The molecule has 1 aromatic rings. The first-order valence-corrected chi connectivity index (χ1v) is 11.4. The van der Waals surface area contributed by atoms with Crippen LogP contribution in [0.3, 0.4) is 0 Å². The van der Waals surface area contributed by atoms with E-state index in [4.69, 9.17) is 0 Å². The number of fused-ring (bicyclic) bond motifs is 1.